The van der Waals surface area contributed by atoms with E-state index in [0.717, 1.165) is 27.4 Å². The van der Waals surface area contributed by atoms with Gasteiger partial charge in [-0.1, -0.05) is 0 Å². The van der Waals surface area contributed by atoms with E-state index in [1.807, 2.05) is 18.3 Å². The number of nitrogens with zero attached hydrogens (tertiary/aromatic N) is 1. The Bertz CT molecular complexity index is 1060. The van der Waals surface area contributed by atoms with E-state index >= 15 is 0 Å². The lowest BCUT2D eigenvalue weighted by atomic mass is 10.0. The molecule has 0 bridgehead atoms. The number of nitrogens with one attached hydrogen (secondary N) is 2. The summed E-state index contributed by atoms with van der Waals surface area (Å²) in [6.45, 7) is 1.15. The number of hydrogen-bond acceptors (Lipinski definition) is 3. The average molecular weight is 495 g/mol. The molecule has 1 aliphatic heterocycles. The van der Waals surface area contributed by atoms with Crippen LogP contribution >= 0.6 is 22.6 Å². The summed E-state index contributed by atoms with van der Waals surface area (Å²) in [6.07, 6.45) is 5.48. The Morgan fingerprint density at radius 1 is 1.22 bits per heavy atom. The first kappa shape index (κ1) is 18.8. The second-order valence-corrected chi connectivity index (χ2v) is 10.0. The van der Waals surface area contributed by atoms with E-state index in [9.17, 15) is 8.42 Å². The molecule has 0 amide bonds. The Morgan fingerprint density at radius 3 is 2.70 bits per heavy atom. The van der Waals surface area contributed by atoms with Crippen LogP contribution in [0, 0.1) is 3.57 Å². The van der Waals surface area contributed by atoms with Gasteiger partial charge in [0.1, 0.15) is 0 Å². The van der Waals surface area contributed by atoms with Crippen LogP contribution in [0.3, 0.4) is 0 Å². The van der Waals surface area contributed by atoms with Crippen molar-refractivity contribution in [3.05, 3.63) is 57.8 Å². The van der Waals surface area contributed by atoms with Crippen LogP contribution in [0.4, 0.5) is 5.69 Å². The lowest BCUT2D eigenvalue weighted by molar-refractivity contribution is 0.310. The molecule has 1 atom stereocenters. The molecule has 27 heavy (non-hydrogen) atoms. The molecule has 0 saturated carbocycles. The molecule has 1 fully saturated rings. The number of benzene rings is 2. The normalized spacial score (nSPS) is 18.2. The van der Waals surface area contributed by atoms with E-state index < -0.39 is 10.0 Å². The van der Waals surface area contributed by atoms with Gasteiger partial charge in [-0.25, -0.2) is 8.42 Å². The first-order valence-corrected chi connectivity index (χ1v) is 11.6. The van der Waals surface area contributed by atoms with Crippen molar-refractivity contribution >= 4 is 49.2 Å². The van der Waals surface area contributed by atoms with Gasteiger partial charge in [-0.15, -0.1) is 0 Å². The molecule has 2 aromatic carbocycles. The minimum atomic E-state index is -3.60. The van der Waals surface area contributed by atoms with Crippen LogP contribution in [0.2, 0.25) is 0 Å². The van der Waals surface area contributed by atoms with Gasteiger partial charge in [0, 0.05) is 32.4 Å². The Morgan fingerprint density at radius 2 is 2.00 bits per heavy atom. The molecule has 1 saturated heterocycles. The van der Waals surface area contributed by atoms with Crippen LogP contribution in [-0.4, -0.2) is 37.9 Å². The molecule has 3 aromatic rings. The third kappa shape index (κ3) is 4.00. The van der Waals surface area contributed by atoms with Crippen molar-refractivity contribution in [2.75, 3.05) is 18.3 Å². The Labute approximate surface area is 173 Å². The number of likely N-dealkylation sites (tertiary alicyclic amines) is 1. The van der Waals surface area contributed by atoms with Crippen molar-refractivity contribution in [1.82, 2.24) is 9.88 Å². The second kappa shape index (κ2) is 7.44. The van der Waals surface area contributed by atoms with E-state index in [-0.39, 0.29) is 4.90 Å². The molecule has 0 spiro atoms. The first-order valence-electron chi connectivity index (χ1n) is 9.01. The number of aromatic nitrogens is 1. The van der Waals surface area contributed by atoms with E-state index in [2.05, 4.69) is 44.2 Å². The molecule has 5 nitrogen and oxygen atoms in total. The highest BCUT2D eigenvalue weighted by Gasteiger charge is 2.22. The van der Waals surface area contributed by atoms with Crippen LogP contribution in [0.5, 0.6) is 0 Å². The van der Waals surface area contributed by atoms with Crippen LogP contribution in [0.15, 0.2) is 53.6 Å². The zero-order valence-electron chi connectivity index (χ0n) is 15.1. The number of aromatic amines is 1. The Hall–Kier alpha value is -1.58. The minimum absolute atomic E-state index is 0.268. The quantitative estimate of drug-likeness (QED) is 0.522. The van der Waals surface area contributed by atoms with Crippen molar-refractivity contribution < 1.29 is 8.42 Å². The van der Waals surface area contributed by atoms with Gasteiger partial charge in [-0.2, -0.15) is 0 Å². The highest BCUT2D eigenvalue weighted by molar-refractivity contribution is 14.1. The molecular weight excluding hydrogens is 473 g/mol. The molecule has 1 aliphatic rings. The van der Waals surface area contributed by atoms with E-state index in [4.69, 9.17) is 0 Å². The lowest BCUT2D eigenvalue weighted by Gasteiger charge is -2.18. The molecule has 0 aliphatic carbocycles. The summed E-state index contributed by atoms with van der Waals surface area (Å²) in [6, 6.07) is 13.1. The molecule has 2 heterocycles. The van der Waals surface area contributed by atoms with E-state index in [1.54, 1.807) is 30.3 Å². The van der Waals surface area contributed by atoms with Gasteiger partial charge < -0.3 is 9.88 Å². The maximum atomic E-state index is 12.7. The van der Waals surface area contributed by atoms with Gasteiger partial charge in [0.15, 0.2) is 0 Å². The topological polar surface area (TPSA) is 65.2 Å². The fraction of sp³-hybridized carbons (Fsp3) is 0.300. The molecule has 2 N–H and O–H groups in total. The first-order chi connectivity index (χ1) is 12.9. The third-order valence-electron chi connectivity index (χ3n) is 5.27. The average Bonchev–Trinajstić information content (AvgIpc) is 3.22. The number of sulfonamides is 1. The Balaban J connectivity index is 1.61. The fourth-order valence-corrected chi connectivity index (χ4v) is 5.14. The Kier molecular flexibility index (Phi) is 5.17. The van der Waals surface area contributed by atoms with Gasteiger partial charge in [0.2, 0.25) is 0 Å². The minimum Gasteiger partial charge on any atom is -0.361 e. The monoisotopic (exact) mass is 495 g/mol. The second-order valence-electron chi connectivity index (χ2n) is 7.11. The number of fused-ring (bicyclic) bond motifs is 1. The van der Waals surface area contributed by atoms with Crippen LogP contribution in [0.1, 0.15) is 18.4 Å². The number of hydrogen-bond donors (Lipinski definition) is 2. The summed E-state index contributed by atoms with van der Waals surface area (Å²) in [4.78, 5) is 5.98. The summed E-state index contributed by atoms with van der Waals surface area (Å²) in [5.41, 5.74) is 2.85. The van der Waals surface area contributed by atoms with Crippen molar-refractivity contribution in [2.24, 2.45) is 0 Å². The molecule has 4 rings (SSSR count). The fourth-order valence-electron chi connectivity index (χ4n) is 3.73. The summed E-state index contributed by atoms with van der Waals surface area (Å²) < 4.78 is 29.0. The zero-order valence-corrected chi connectivity index (χ0v) is 18.0. The summed E-state index contributed by atoms with van der Waals surface area (Å²) in [7, 11) is -1.42. The largest absolute Gasteiger partial charge is 0.361 e. The standard InChI is InChI=1S/C20H22IN3O2S/c1-24-10-2-3-17(24)11-14-13-22-20-9-6-16(12-19(14)20)23-27(25,26)18-7-4-15(21)5-8-18/h4-9,12-13,17,22-23H,2-3,10-11H2,1H3/t17-/m1/s1. The highest BCUT2D eigenvalue weighted by Crippen LogP contribution is 2.28. The van der Waals surface area contributed by atoms with Crippen molar-refractivity contribution in [1.29, 1.82) is 0 Å². The van der Waals surface area contributed by atoms with Gasteiger partial charge in [-0.05, 0) is 103 Å². The van der Waals surface area contributed by atoms with Crippen molar-refractivity contribution in [3.63, 3.8) is 0 Å². The van der Waals surface area contributed by atoms with Gasteiger partial charge in [0.05, 0.1) is 4.90 Å². The predicted molar refractivity (Wildman–Crippen MR) is 118 cm³/mol. The van der Waals surface area contributed by atoms with Gasteiger partial charge in [0.25, 0.3) is 10.0 Å². The van der Waals surface area contributed by atoms with Crippen molar-refractivity contribution in [3.8, 4) is 0 Å². The molecule has 7 heteroatoms. The molecule has 1 aromatic heterocycles. The van der Waals surface area contributed by atoms with Crippen LogP contribution < -0.4 is 4.72 Å². The molecule has 0 unspecified atom stereocenters. The zero-order chi connectivity index (χ0) is 19.0. The van der Waals surface area contributed by atoms with Crippen LogP contribution in [-0.2, 0) is 16.4 Å². The number of anilines is 1. The SMILES string of the molecule is CN1CCC[C@@H]1Cc1c[nH]c2ccc(NS(=O)(=O)c3ccc(I)cc3)cc12. The van der Waals surface area contributed by atoms with Crippen molar-refractivity contribution in [2.45, 2.75) is 30.2 Å². The summed E-state index contributed by atoms with van der Waals surface area (Å²) in [5, 5.41) is 1.08. The maximum absolute atomic E-state index is 12.7. The lowest BCUT2D eigenvalue weighted by Crippen LogP contribution is -2.26. The van der Waals surface area contributed by atoms with Gasteiger partial charge >= 0.3 is 0 Å². The summed E-state index contributed by atoms with van der Waals surface area (Å²) >= 11 is 2.16. The maximum Gasteiger partial charge on any atom is 0.261 e. The van der Waals surface area contributed by atoms with Crippen LogP contribution in [0.25, 0.3) is 10.9 Å². The van der Waals surface area contributed by atoms with Gasteiger partial charge in [-0.3, -0.25) is 4.72 Å². The predicted octanol–water partition coefficient (Wildman–Crippen LogP) is 4.21. The number of likely N-dealkylation sites (N-methyl/N-ethyl adjacent to an activating group) is 1. The number of halogens is 1. The molecular formula is C20H22IN3O2S. The van der Waals surface area contributed by atoms with E-state index in [0.29, 0.717) is 11.7 Å². The number of rotatable bonds is 5. The molecule has 142 valence electrons. The third-order valence-corrected chi connectivity index (χ3v) is 7.39. The summed E-state index contributed by atoms with van der Waals surface area (Å²) in [5.74, 6) is 0. The number of H-pyrrole nitrogens is 1. The van der Waals surface area contributed by atoms with E-state index in [1.165, 1.54) is 18.4 Å². The highest BCUT2D eigenvalue weighted by atomic mass is 127. The molecule has 0 radical (unpaired) electrons. The smallest absolute Gasteiger partial charge is 0.261 e.